The first kappa shape index (κ1) is 10.3. The first-order valence-electron chi connectivity index (χ1n) is 4.64. The van der Waals surface area contributed by atoms with E-state index >= 15 is 0 Å². The highest BCUT2D eigenvalue weighted by atomic mass is 19.2. The van der Waals surface area contributed by atoms with Crippen molar-refractivity contribution < 1.29 is 18.6 Å². The maximum Gasteiger partial charge on any atom is 0.160 e. The monoisotopic (exact) mass is 215 g/mol. The maximum atomic E-state index is 12.8. The molecule has 0 bridgehead atoms. The van der Waals surface area contributed by atoms with Crippen molar-refractivity contribution in [3.05, 3.63) is 29.8 Å². The van der Waals surface area contributed by atoms with E-state index in [0.29, 0.717) is 12.3 Å². The standard InChI is InChI=1S/C10H11F2NO2/c11-7-2-1-6(3-8(7)12)13-9-4-15-5-10(9)14/h1-3,9-10,13-14H,4-5H2/t9-,10-/m1/s1. The Kier molecular flexibility index (Phi) is 2.83. The molecule has 3 nitrogen and oxygen atoms in total. The van der Waals surface area contributed by atoms with Crippen molar-refractivity contribution in [2.24, 2.45) is 0 Å². The first-order valence-corrected chi connectivity index (χ1v) is 4.64. The van der Waals surface area contributed by atoms with E-state index in [0.717, 1.165) is 12.1 Å². The molecule has 0 saturated carbocycles. The molecular formula is C10H11F2NO2. The van der Waals surface area contributed by atoms with Crippen LogP contribution in [-0.2, 0) is 4.74 Å². The number of benzene rings is 1. The van der Waals surface area contributed by atoms with Gasteiger partial charge in [-0.3, -0.25) is 0 Å². The quantitative estimate of drug-likeness (QED) is 0.777. The van der Waals surface area contributed by atoms with Gasteiger partial charge in [-0.05, 0) is 12.1 Å². The van der Waals surface area contributed by atoms with Gasteiger partial charge < -0.3 is 15.2 Å². The fourth-order valence-electron chi connectivity index (χ4n) is 1.48. The summed E-state index contributed by atoms with van der Waals surface area (Å²) in [4.78, 5) is 0. The molecule has 0 radical (unpaired) electrons. The molecule has 1 heterocycles. The number of aliphatic hydroxyl groups is 1. The van der Waals surface area contributed by atoms with E-state index in [1.54, 1.807) is 0 Å². The van der Waals surface area contributed by atoms with Crippen LogP contribution in [-0.4, -0.2) is 30.5 Å². The number of hydrogen-bond acceptors (Lipinski definition) is 3. The summed E-state index contributed by atoms with van der Waals surface area (Å²) in [6.45, 7) is 0.626. The molecule has 82 valence electrons. The molecular weight excluding hydrogens is 204 g/mol. The zero-order valence-corrected chi connectivity index (χ0v) is 7.91. The minimum absolute atomic E-state index is 0.265. The van der Waals surface area contributed by atoms with Crippen molar-refractivity contribution >= 4 is 5.69 Å². The summed E-state index contributed by atoms with van der Waals surface area (Å²) in [7, 11) is 0. The molecule has 1 aliphatic heterocycles. The lowest BCUT2D eigenvalue weighted by molar-refractivity contribution is 0.125. The van der Waals surface area contributed by atoms with Crippen LogP contribution in [0.4, 0.5) is 14.5 Å². The smallest absolute Gasteiger partial charge is 0.160 e. The predicted octanol–water partition coefficient (Wildman–Crippen LogP) is 1.14. The fourth-order valence-corrected chi connectivity index (χ4v) is 1.48. The fraction of sp³-hybridized carbons (Fsp3) is 0.400. The molecule has 1 aliphatic rings. The average Bonchev–Trinajstić information content (AvgIpc) is 2.59. The maximum absolute atomic E-state index is 12.8. The van der Waals surface area contributed by atoms with E-state index in [9.17, 15) is 13.9 Å². The van der Waals surface area contributed by atoms with Gasteiger partial charge in [-0.2, -0.15) is 0 Å². The van der Waals surface area contributed by atoms with Gasteiger partial charge in [-0.25, -0.2) is 8.78 Å². The molecule has 1 aromatic rings. The molecule has 0 spiro atoms. The minimum atomic E-state index is -0.909. The molecule has 1 saturated heterocycles. The molecule has 1 fully saturated rings. The van der Waals surface area contributed by atoms with Crippen LogP contribution in [0.1, 0.15) is 0 Å². The zero-order valence-electron chi connectivity index (χ0n) is 7.91. The number of ether oxygens (including phenoxy) is 1. The molecule has 1 aromatic carbocycles. The second-order valence-electron chi connectivity index (χ2n) is 3.48. The Morgan fingerprint density at radius 3 is 2.67 bits per heavy atom. The van der Waals surface area contributed by atoms with Gasteiger partial charge in [0.1, 0.15) is 0 Å². The average molecular weight is 215 g/mol. The molecule has 5 heteroatoms. The van der Waals surface area contributed by atoms with E-state index < -0.39 is 17.7 Å². The Labute approximate surface area is 85.7 Å². The van der Waals surface area contributed by atoms with E-state index in [2.05, 4.69) is 5.32 Å². The van der Waals surface area contributed by atoms with E-state index in [4.69, 9.17) is 4.74 Å². The van der Waals surface area contributed by atoms with Crippen LogP contribution in [0.3, 0.4) is 0 Å². The van der Waals surface area contributed by atoms with Gasteiger partial charge >= 0.3 is 0 Å². The number of aliphatic hydroxyl groups excluding tert-OH is 1. The molecule has 0 aliphatic carbocycles. The third-order valence-electron chi connectivity index (χ3n) is 2.32. The number of nitrogens with one attached hydrogen (secondary N) is 1. The van der Waals surface area contributed by atoms with Crippen molar-refractivity contribution in [2.75, 3.05) is 18.5 Å². The zero-order chi connectivity index (χ0) is 10.8. The largest absolute Gasteiger partial charge is 0.388 e. The second kappa shape index (κ2) is 4.12. The van der Waals surface area contributed by atoms with E-state index in [-0.39, 0.29) is 12.6 Å². The highest BCUT2D eigenvalue weighted by molar-refractivity contribution is 5.44. The van der Waals surface area contributed by atoms with Crippen LogP contribution in [0.5, 0.6) is 0 Å². The van der Waals surface area contributed by atoms with Crippen molar-refractivity contribution in [2.45, 2.75) is 12.1 Å². The molecule has 0 unspecified atom stereocenters. The lowest BCUT2D eigenvalue weighted by Crippen LogP contribution is -2.31. The van der Waals surface area contributed by atoms with Gasteiger partial charge in [0.15, 0.2) is 11.6 Å². The first-order chi connectivity index (χ1) is 7.16. The third-order valence-corrected chi connectivity index (χ3v) is 2.32. The van der Waals surface area contributed by atoms with Crippen LogP contribution in [0.2, 0.25) is 0 Å². The van der Waals surface area contributed by atoms with E-state index in [1.807, 2.05) is 0 Å². The predicted molar refractivity (Wildman–Crippen MR) is 50.6 cm³/mol. The summed E-state index contributed by atoms with van der Waals surface area (Å²) < 4.78 is 30.5. The van der Waals surface area contributed by atoms with Crippen molar-refractivity contribution in [3.8, 4) is 0 Å². The lowest BCUT2D eigenvalue weighted by atomic mass is 10.2. The highest BCUT2D eigenvalue weighted by Crippen LogP contribution is 2.17. The Bertz CT molecular complexity index is 359. The molecule has 0 amide bonds. The normalized spacial score (nSPS) is 25.5. The van der Waals surface area contributed by atoms with Gasteiger partial charge in [0.05, 0.1) is 25.4 Å². The lowest BCUT2D eigenvalue weighted by Gasteiger charge is -2.15. The van der Waals surface area contributed by atoms with Gasteiger partial charge in [0.2, 0.25) is 0 Å². The van der Waals surface area contributed by atoms with Crippen LogP contribution < -0.4 is 5.32 Å². The number of halogens is 2. The van der Waals surface area contributed by atoms with Crippen LogP contribution in [0.25, 0.3) is 0 Å². The molecule has 15 heavy (non-hydrogen) atoms. The molecule has 2 atom stereocenters. The summed E-state index contributed by atoms with van der Waals surface area (Å²) in [5.74, 6) is -1.79. The summed E-state index contributed by atoms with van der Waals surface area (Å²) in [5.41, 5.74) is 0.434. The summed E-state index contributed by atoms with van der Waals surface area (Å²) in [6, 6.07) is 3.25. The van der Waals surface area contributed by atoms with Crippen LogP contribution >= 0.6 is 0 Å². The molecule has 2 N–H and O–H groups in total. The molecule has 0 aromatic heterocycles. The van der Waals surface area contributed by atoms with Crippen molar-refractivity contribution in [1.29, 1.82) is 0 Å². The van der Waals surface area contributed by atoms with Crippen LogP contribution in [0, 0.1) is 11.6 Å². The Balaban J connectivity index is 2.07. The van der Waals surface area contributed by atoms with Crippen molar-refractivity contribution in [3.63, 3.8) is 0 Å². The highest BCUT2D eigenvalue weighted by Gasteiger charge is 2.25. The van der Waals surface area contributed by atoms with Gasteiger partial charge in [-0.1, -0.05) is 0 Å². The molecule has 2 rings (SSSR count). The Morgan fingerprint density at radius 2 is 2.07 bits per heavy atom. The second-order valence-corrected chi connectivity index (χ2v) is 3.48. The summed E-state index contributed by atoms with van der Waals surface area (Å²) in [6.07, 6.45) is -0.613. The van der Waals surface area contributed by atoms with Crippen LogP contribution in [0.15, 0.2) is 18.2 Å². The third kappa shape index (κ3) is 2.24. The Hall–Kier alpha value is -1.20. The summed E-state index contributed by atoms with van der Waals surface area (Å²) >= 11 is 0. The Morgan fingerprint density at radius 1 is 1.27 bits per heavy atom. The SMILES string of the molecule is O[C@@H]1COC[C@H]1Nc1ccc(F)c(F)c1. The topological polar surface area (TPSA) is 41.5 Å². The van der Waals surface area contributed by atoms with Gasteiger partial charge in [0, 0.05) is 11.8 Å². The van der Waals surface area contributed by atoms with E-state index in [1.165, 1.54) is 6.07 Å². The number of hydrogen-bond donors (Lipinski definition) is 2. The van der Waals surface area contributed by atoms with Gasteiger partial charge in [-0.15, -0.1) is 0 Å². The number of rotatable bonds is 2. The number of anilines is 1. The van der Waals surface area contributed by atoms with Crippen molar-refractivity contribution in [1.82, 2.24) is 0 Å². The summed E-state index contributed by atoms with van der Waals surface area (Å²) in [5, 5.41) is 12.3. The minimum Gasteiger partial charge on any atom is -0.388 e. The van der Waals surface area contributed by atoms with Gasteiger partial charge in [0.25, 0.3) is 0 Å².